The molecule has 15 heavy (non-hydrogen) atoms. The topological polar surface area (TPSA) is 41.5 Å². The number of rotatable bonds is 7. The molecule has 0 radical (unpaired) electrons. The summed E-state index contributed by atoms with van der Waals surface area (Å²) in [4.78, 5) is 0. The van der Waals surface area contributed by atoms with Crippen LogP contribution in [0.5, 0.6) is 0 Å². The van der Waals surface area contributed by atoms with Crippen LogP contribution in [-0.4, -0.2) is 38.0 Å². The molecule has 3 nitrogen and oxygen atoms in total. The second-order valence-corrected chi connectivity index (χ2v) is 5.67. The fourth-order valence-electron chi connectivity index (χ4n) is 2.07. The zero-order valence-electron chi connectivity index (χ0n) is 10.3. The van der Waals surface area contributed by atoms with Crippen molar-refractivity contribution in [2.45, 2.75) is 33.6 Å². The van der Waals surface area contributed by atoms with Crippen LogP contribution < -0.4 is 5.32 Å². The van der Waals surface area contributed by atoms with E-state index in [0.29, 0.717) is 18.6 Å². The molecule has 0 spiro atoms. The lowest BCUT2D eigenvalue weighted by Crippen LogP contribution is -2.53. The third-order valence-electron chi connectivity index (χ3n) is 3.18. The van der Waals surface area contributed by atoms with Gasteiger partial charge in [-0.2, -0.15) is 0 Å². The Morgan fingerprint density at radius 2 is 2.07 bits per heavy atom. The van der Waals surface area contributed by atoms with E-state index >= 15 is 0 Å². The minimum atomic E-state index is 0.00228. The second-order valence-electron chi connectivity index (χ2n) is 5.67. The molecule has 3 heteroatoms. The van der Waals surface area contributed by atoms with E-state index in [0.717, 1.165) is 13.1 Å². The molecule has 2 N–H and O–H groups in total. The van der Waals surface area contributed by atoms with Crippen molar-refractivity contribution >= 4 is 0 Å². The molecule has 0 aliphatic carbocycles. The van der Waals surface area contributed by atoms with Crippen molar-refractivity contribution in [2.24, 2.45) is 10.8 Å². The van der Waals surface area contributed by atoms with Crippen molar-refractivity contribution in [3.8, 4) is 0 Å². The zero-order valence-corrected chi connectivity index (χ0v) is 10.3. The monoisotopic (exact) mass is 215 g/mol. The first-order chi connectivity index (χ1) is 7.04. The average molecular weight is 215 g/mol. The van der Waals surface area contributed by atoms with E-state index in [-0.39, 0.29) is 12.0 Å². The molecule has 1 rings (SSSR count). The van der Waals surface area contributed by atoms with Crippen molar-refractivity contribution in [1.29, 1.82) is 0 Å². The summed E-state index contributed by atoms with van der Waals surface area (Å²) in [6, 6.07) is 0. The molecule has 0 aromatic rings. The molecule has 1 aliphatic rings. The predicted octanol–water partition coefficient (Wildman–Crippen LogP) is 1.41. The molecular formula is C12H25NO2. The molecule has 1 fully saturated rings. The normalized spacial score (nSPS) is 20.0. The summed E-state index contributed by atoms with van der Waals surface area (Å²) >= 11 is 0. The number of aliphatic hydroxyl groups excluding tert-OH is 1. The first kappa shape index (κ1) is 12.9. The molecule has 0 saturated carbocycles. The quantitative estimate of drug-likeness (QED) is 0.675. The largest absolute Gasteiger partial charge is 0.396 e. The maximum absolute atomic E-state index is 9.25. The van der Waals surface area contributed by atoms with E-state index in [1.54, 1.807) is 0 Å². The molecule has 0 amide bonds. The van der Waals surface area contributed by atoms with Crippen LogP contribution in [-0.2, 0) is 4.74 Å². The maximum Gasteiger partial charge on any atom is 0.0579 e. The number of hydrogen-bond donors (Lipinski definition) is 2. The second kappa shape index (κ2) is 5.28. The van der Waals surface area contributed by atoms with Crippen molar-refractivity contribution in [3.05, 3.63) is 0 Å². The fraction of sp³-hybridized carbons (Fsp3) is 1.00. The maximum atomic E-state index is 9.25. The zero-order chi connectivity index (χ0) is 11.4. The number of aliphatic hydroxyl groups is 1. The van der Waals surface area contributed by atoms with Gasteiger partial charge in [-0.3, -0.25) is 0 Å². The van der Waals surface area contributed by atoms with Crippen LogP contribution in [0.3, 0.4) is 0 Å². The summed E-state index contributed by atoms with van der Waals surface area (Å²) in [5.74, 6) is 0. The van der Waals surface area contributed by atoms with Crippen molar-refractivity contribution in [3.63, 3.8) is 0 Å². The van der Waals surface area contributed by atoms with Gasteiger partial charge in [0, 0.05) is 13.1 Å². The summed E-state index contributed by atoms with van der Waals surface area (Å²) in [5.41, 5.74) is 0.359. The molecule has 90 valence electrons. The molecular weight excluding hydrogens is 190 g/mol. The third-order valence-corrected chi connectivity index (χ3v) is 3.18. The highest BCUT2D eigenvalue weighted by Crippen LogP contribution is 2.26. The molecule has 1 saturated heterocycles. The van der Waals surface area contributed by atoms with Crippen LogP contribution in [0, 0.1) is 10.8 Å². The van der Waals surface area contributed by atoms with Crippen LogP contribution >= 0.6 is 0 Å². The van der Waals surface area contributed by atoms with Gasteiger partial charge in [0.2, 0.25) is 0 Å². The van der Waals surface area contributed by atoms with E-state index in [2.05, 4.69) is 26.1 Å². The Hall–Kier alpha value is -0.120. The lowest BCUT2D eigenvalue weighted by Gasteiger charge is -2.40. The van der Waals surface area contributed by atoms with E-state index in [1.807, 2.05) is 0 Å². The summed E-state index contributed by atoms with van der Waals surface area (Å²) in [5, 5.41) is 12.7. The van der Waals surface area contributed by atoms with E-state index in [1.165, 1.54) is 12.8 Å². The van der Waals surface area contributed by atoms with Crippen molar-refractivity contribution in [1.82, 2.24) is 5.32 Å². The Morgan fingerprint density at radius 3 is 2.47 bits per heavy atom. The number of nitrogens with one attached hydrogen (secondary N) is 1. The first-order valence-corrected chi connectivity index (χ1v) is 5.93. The Labute approximate surface area is 93.2 Å². The average Bonchev–Trinajstić information content (AvgIpc) is 2.09. The predicted molar refractivity (Wildman–Crippen MR) is 61.9 cm³/mol. The number of ether oxygens (including phenoxy) is 1. The highest BCUT2D eigenvalue weighted by Gasteiger charge is 2.37. The van der Waals surface area contributed by atoms with Gasteiger partial charge in [0.25, 0.3) is 0 Å². The molecule has 0 unspecified atom stereocenters. The highest BCUT2D eigenvalue weighted by molar-refractivity contribution is 4.87. The lowest BCUT2D eigenvalue weighted by molar-refractivity contribution is -0.134. The van der Waals surface area contributed by atoms with Gasteiger partial charge in [-0.15, -0.1) is 0 Å². The van der Waals surface area contributed by atoms with E-state index < -0.39 is 0 Å². The Kier molecular flexibility index (Phi) is 4.56. The van der Waals surface area contributed by atoms with Gasteiger partial charge in [0.1, 0.15) is 0 Å². The van der Waals surface area contributed by atoms with Gasteiger partial charge in [-0.05, 0) is 11.8 Å². The van der Waals surface area contributed by atoms with Crippen LogP contribution in [0.2, 0.25) is 0 Å². The summed E-state index contributed by atoms with van der Waals surface area (Å²) in [6.45, 7) is 10.3. The Balaban J connectivity index is 2.20. The number of hydrogen-bond acceptors (Lipinski definition) is 3. The van der Waals surface area contributed by atoms with Gasteiger partial charge in [0.05, 0.1) is 25.2 Å². The van der Waals surface area contributed by atoms with Gasteiger partial charge in [-0.1, -0.05) is 27.2 Å². The SMILES string of the molecule is CCCC(C)(C)CNCC1(CO)COC1. The van der Waals surface area contributed by atoms with Gasteiger partial charge >= 0.3 is 0 Å². The van der Waals surface area contributed by atoms with Crippen LogP contribution in [0.25, 0.3) is 0 Å². The Bertz CT molecular complexity index is 183. The highest BCUT2D eigenvalue weighted by atomic mass is 16.5. The van der Waals surface area contributed by atoms with Crippen LogP contribution in [0.15, 0.2) is 0 Å². The fourth-order valence-corrected chi connectivity index (χ4v) is 2.07. The van der Waals surface area contributed by atoms with Crippen molar-refractivity contribution < 1.29 is 9.84 Å². The summed E-state index contributed by atoms with van der Waals surface area (Å²) < 4.78 is 5.16. The smallest absolute Gasteiger partial charge is 0.0579 e. The molecule has 0 aromatic carbocycles. The molecule has 0 aromatic heterocycles. The third kappa shape index (κ3) is 3.74. The van der Waals surface area contributed by atoms with Crippen molar-refractivity contribution in [2.75, 3.05) is 32.9 Å². The molecule has 0 atom stereocenters. The van der Waals surface area contributed by atoms with Crippen LogP contribution in [0.1, 0.15) is 33.6 Å². The minimum Gasteiger partial charge on any atom is -0.396 e. The van der Waals surface area contributed by atoms with Crippen LogP contribution in [0.4, 0.5) is 0 Å². The molecule has 0 bridgehead atoms. The summed E-state index contributed by atoms with van der Waals surface area (Å²) in [6.07, 6.45) is 2.46. The molecule has 1 aliphatic heterocycles. The lowest BCUT2D eigenvalue weighted by atomic mass is 9.85. The van der Waals surface area contributed by atoms with Gasteiger partial charge in [-0.25, -0.2) is 0 Å². The minimum absolute atomic E-state index is 0.00228. The first-order valence-electron chi connectivity index (χ1n) is 5.93. The Morgan fingerprint density at radius 1 is 1.40 bits per heavy atom. The summed E-state index contributed by atoms with van der Waals surface area (Å²) in [7, 11) is 0. The van der Waals surface area contributed by atoms with E-state index in [4.69, 9.17) is 4.74 Å². The van der Waals surface area contributed by atoms with E-state index in [9.17, 15) is 5.11 Å². The standard InChI is InChI=1S/C12H25NO2/c1-4-5-11(2,3)6-13-7-12(8-14)9-15-10-12/h13-14H,4-10H2,1-3H3. The van der Waals surface area contributed by atoms with Gasteiger partial charge in [0.15, 0.2) is 0 Å². The molecule has 1 heterocycles. The van der Waals surface area contributed by atoms with Gasteiger partial charge < -0.3 is 15.2 Å².